The Morgan fingerprint density at radius 1 is 1.11 bits per heavy atom. The molecule has 0 radical (unpaired) electrons. The molecule has 0 bridgehead atoms. The highest BCUT2D eigenvalue weighted by molar-refractivity contribution is 9.11. The molecule has 1 aromatic heterocycles. The van der Waals surface area contributed by atoms with E-state index in [2.05, 4.69) is 51.3 Å². The van der Waals surface area contributed by atoms with Crippen LogP contribution >= 0.6 is 27.3 Å². The van der Waals surface area contributed by atoms with Crippen molar-refractivity contribution in [1.82, 2.24) is 5.01 Å². The number of fused-ring (bicyclic) bond motifs is 3. The zero-order valence-electron chi connectivity index (χ0n) is 15.3. The fraction of sp³-hybridized carbons (Fsp3) is 0.227. The summed E-state index contributed by atoms with van der Waals surface area (Å²) >= 11 is 5.28. The van der Waals surface area contributed by atoms with Crippen molar-refractivity contribution in [3.05, 3.63) is 80.5 Å². The Labute approximate surface area is 176 Å². The largest absolute Gasteiger partial charge is 0.493 e. The van der Waals surface area contributed by atoms with Gasteiger partial charge in [0.1, 0.15) is 11.5 Å². The molecule has 5 rings (SSSR count). The summed E-state index contributed by atoms with van der Waals surface area (Å²) in [7, 11) is 0. The summed E-state index contributed by atoms with van der Waals surface area (Å²) in [6.07, 6.45) is 0.546. The van der Waals surface area contributed by atoms with Gasteiger partial charge in [-0.15, -0.1) is 11.3 Å². The Balaban J connectivity index is 1.61. The van der Waals surface area contributed by atoms with Crippen molar-refractivity contribution < 1.29 is 9.47 Å². The maximum atomic E-state index is 6.44. The van der Waals surface area contributed by atoms with E-state index in [0.29, 0.717) is 6.61 Å². The summed E-state index contributed by atoms with van der Waals surface area (Å²) in [5.74, 6) is 1.76. The van der Waals surface area contributed by atoms with Gasteiger partial charge < -0.3 is 9.47 Å². The smallest absolute Gasteiger partial charge is 0.217 e. The molecule has 0 spiro atoms. The summed E-state index contributed by atoms with van der Waals surface area (Å²) in [6.45, 7) is 2.61. The van der Waals surface area contributed by atoms with E-state index in [9.17, 15) is 0 Å². The molecule has 3 aromatic rings. The second-order valence-electron chi connectivity index (χ2n) is 6.73. The van der Waals surface area contributed by atoms with E-state index in [0.717, 1.165) is 33.0 Å². The molecule has 2 aromatic carbocycles. The van der Waals surface area contributed by atoms with Gasteiger partial charge in [0.05, 0.1) is 32.6 Å². The Kier molecular flexibility index (Phi) is 4.61. The molecular formula is C22H19BrN2O2S. The topological polar surface area (TPSA) is 34.1 Å². The molecule has 0 saturated carbocycles. The van der Waals surface area contributed by atoms with Crippen LogP contribution in [0.5, 0.6) is 11.5 Å². The van der Waals surface area contributed by atoms with E-state index < -0.39 is 0 Å². The lowest BCUT2D eigenvalue weighted by molar-refractivity contribution is -0.0205. The quantitative estimate of drug-likeness (QED) is 0.473. The minimum Gasteiger partial charge on any atom is -0.493 e. The molecule has 28 heavy (non-hydrogen) atoms. The molecule has 0 fully saturated rings. The molecule has 3 heterocycles. The SMILES string of the molecule is CCOc1ccccc1[C@@H]1Oc2ccccc2[C@@H]2CC(c3ccc(Br)s3)=NN21. The van der Waals surface area contributed by atoms with Gasteiger partial charge in [0, 0.05) is 12.0 Å². The average molecular weight is 455 g/mol. The first kappa shape index (κ1) is 17.8. The second-order valence-corrected chi connectivity index (χ2v) is 9.19. The van der Waals surface area contributed by atoms with E-state index in [1.807, 2.05) is 37.3 Å². The number of nitrogens with zero attached hydrogens (tertiary/aromatic N) is 2. The monoisotopic (exact) mass is 454 g/mol. The van der Waals surface area contributed by atoms with Gasteiger partial charge >= 0.3 is 0 Å². The molecule has 0 unspecified atom stereocenters. The number of thiophene rings is 1. The fourth-order valence-electron chi connectivity index (χ4n) is 3.83. The maximum Gasteiger partial charge on any atom is 0.217 e. The number of ether oxygens (including phenoxy) is 2. The van der Waals surface area contributed by atoms with Crippen molar-refractivity contribution in [2.45, 2.75) is 25.6 Å². The number of rotatable bonds is 4. The van der Waals surface area contributed by atoms with Crippen LogP contribution < -0.4 is 9.47 Å². The Hall–Kier alpha value is -2.31. The highest BCUT2D eigenvalue weighted by Crippen LogP contribution is 2.49. The van der Waals surface area contributed by atoms with Crippen LogP contribution in [-0.2, 0) is 0 Å². The molecule has 2 aliphatic rings. The number of hydrogen-bond donors (Lipinski definition) is 0. The van der Waals surface area contributed by atoms with E-state index in [-0.39, 0.29) is 12.3 Å². The molecular weight excluding hydrogens is 436 g/mol. The molecule has 0 N–H and O–H groups in total. The van der Waals surface area contributed by atoms with Gasteiger partial charge in [0.2, 0.25) is 6.23 Å². The van der Waals surface area contributed by atoms with Crippen LogP contribution in [0, 0.1) is 0 Å². The third-order valence-electron chi connectivity index (χ3n) is 5.04. The van der Waals surface area contributed by atoms with Crippen molar-refractivity contribution in [1.29, 1.82) is 0 Å². The Morgan fingerprint density at radius 3 is 2.68 bits per heavy atom. The van der Waals surface area contributed by atoms with Crippen molar-refractivity contribution in [2.24, 2.45) is 5.10 Å². The summed E-state index contributed by atoms with van der Waals surface area (Å²) in [5, 5.41) is 7.11. The molecule has 142 valence electrons. The lowest BCUT2D eigenvalue weighted by Crippen LogP contribution is -2.34. The highest BCUT2D eigenvalue weighted by atomic mass is 79.9. The first-order chi connectivity index (χ1) is 13.7. The van der Waals surface area contributed by atoms with Gasteiger partial charge in [-0.25, -0.2) is 5.01 Å². The van der Waals surface area contributed by atoms with E-state index in [1.165, 1.54) is 10.4 Å². The Morgan fingerprint density at radius 2 is 1.89 bits per heavy atom. The number of para-hydroxylation sites is 2. The van der Waals surface area contributed by atoms with Crippen LogP contribution in [0.3, 0.4) is 0 Å². The van der Waals surface area contributed by atoms with Crippen LogP contribution in [0.25, 0.3) is 0 Å². The fourth-order valence-corrected chi connectivity index (χ4v) is 5.21. The normalized spacial score (nSPS) is 20.2. The summed E-state index contributed by atoms with van der Waals surface area (Å²) in [5.41, 5.74) is 3.28. The molecule has 4 nitrogen and oxygen atoms in total. The maximum absolute atomic E-state index is 6.44. The molecule has 2 atom stereocenters. The molecule has 0 aliphatic carbocycles. The molecule has 6 heteroatoms. The van der Waals surface area contributed by atoms with E-state index in [4.69, 9.17) is 14.6 Å². The van der Waals surface area contributed by atoms with E-state index in [1.54, 1.807) is 11.3 Å². The third-order valence-corrected chi connectivity index (χ3v) is 6.71. The summed E-state index contributed by atoms with van der Waals surface area (Å²) in [6, 6.07) is 20.7. The highest BCUT2D eigenvalue weighted by Gasteiger charge is 2.42. The third kappa shape index (κ3) is 3.01. The first-order valence-electron chi connectivity index (χ1n) is 9.33. The van der Waals surface area contributed by atoms with Crippen LogP contribution in [0.4, 0.5) is 0 Å². The van der Waals surface area contributed by atoms with Gasteiger partial charge in [-0.2, -0.15) is 5.10 Å². The minimum atomic E-state index is -0.316. The lowest BCUT2D eigenvalue weighted by atomic mass is 9.97. The number of hydrazone groups is 1. The second kappa shape index (κ2) is 7.26. The predicted molar refractivity (Wildman–Crippen MR) is 115 cm³/mol. The van der Waals surface area contributed by atoms with Crippen LogP contribution in [0.2, 0.25) is 0 Å². The van der Waals surface area contributed by atoms with Gasteiger partial charge in [-0.1, -0.05) is 30.3 Å². The lowest BCUT2D eigenvalue weighted by Gasteiger charge is -2.38. The van der Waals surface area contributed by atoms with E-state index >= 15 is 0 Å². The summed E-state index contributed by atoms with van der Waals surface area (Å²) in [4.78, 5) is 1.19. The first-order valence-corrected chi connectivity index (χ1v) is 10.9. The number of hydrogen-bond acceptors (Lipinski definition) is 5. The predicted octanol–water partition coefficient (Wildman–Crippen LogP) is 6.15. The van der Waals surface area contributed by atoms with Crippen LogP contribution in [0.1, 0.15) is 41.6 Å². The molecule has 2 aliphatic heterocycles. The summed E-state index contributed by atoms with van der Waals surface area (Å²) < 4.78 is 13.4. The molecule has 0 saturated heterocycles. The van der Waals surface area contributed by atoms with Crippen LogP contribution in [0.15, 0.2) is 69.6 Å². The standard InChI is InChI=1S/C22H19BrN2O2S/c1-2-26-18-9-5-4-8-15(18)22-25-17(14-7-3-6-10-19(14)27-22)13-16(24-25)20-11-12-21(23)28-20/h3-12,17,22H,2,13H2,1H3/t17-,22-/m0/s1. The van der Waals surface area contributed by atoms with Gasteiger partial charge in [0.25, 0.3) is 0 Å². The minimum absolute atomic E-state index is 0.153. The number of benzene rings is 2. The van der Waals surface area contributed by atoms with Crippen molar-refractivity contribution in [3.63, 3.8) is 0 Å². The zero-order valence-corrected chi connectivity index (χ0v) is 17.7. The zero-order chi connectivity index (χ0) is 19.1. The molecule has 0 amide bonds. The van der Waals surface area contributed by atoms with Gasteiger partial charge in [-0.3, -0.25) is 0 Å². The van der Waals surface area contributed by atoms with Crippen molar-refractivity contribution in [3.8, 4) is 11.5 Å². The van der Waals surface area contributed by atoms with Crippen LogP contribution in [-0.4, -0.2) is 17.3 Å². The van der Waals surface area contributed by atoms with Gasteiger partial charge in [0.15, 0.2) is 0 Å². The van der Waals surface area contributed by atoms with Gasteiger partial charge in [-0.05, 0) is 53.2 Å². The van der Waals surface area contributed by atoms with Crippen molar-refractivity contribution >= 4 is 33.0 Å². The number of halogens is 1. The Bertz CT molecular complexity index is 1050. The van der Waals surface area contributed by atoms with Crippen molar-refractivity contribution in [2.75, 3.05) is 6.61 Å². The average Bonchev–Trinajstić information content (AvgIpc) is 3.35.